The monoisotopic (exact) mass is 494 g/mol. The van der Waals surface area contributed by atoms with Gasteiger partial charge in [-0.3, -0.25) is 4.79 Å². The van der Waals surface area contributed by atoms with Gasteiger partial charge in [0.2, 0.25) is 0 Å². The van der Waals surface area contributed by atoms with Gasteiger partial charge in [0.05, 0.1) is 17.8 Å². The number of rotatable bonds is 6. The lowest BCUT2D eigenvalue weighted by Crippen LogP contribution is -2.82. The highest BCUT2D eigenvalue weighted by molar-refractivity contribution is 5.90. The van der Waals surface area contributed by atoms with Gasteiger partial charge in [-0.05, 0) is 32.4 Å². The number of hydrogen-bond acceptors (Lipinski definition) is 11. The topological polar surface area (TPSA) is 172 Å². The van der Waals surface area contributed by atoms with Crippen LogP contribution in [0.25, 0.3) is 0 Å². The lowest BCUT2D eigenvalue weighted by molar-refractivity contribution is -0.403. The van der Waals surface area contributed by atoms with Crippen molar-refractivity contribution in [2.24, 2.45) is 11.3 Å². The number of ether oxygens (including phenoxy) is 4. The Morgan fingerprint density at radius 2 is 1.80 bits per heavy atom. The van der Waals surface area contributed by atoms with Gasteiger partial charge < -0.3 is 44.5 Å². The maximum absolute atomic E-state index is 13.4. The molecule has 192 valence electrons. The fourth-order valence-corrected chi connectivity index (χ4v) is 6.66. The van der Waals surface area contributed by atoms with Crippen LogP contribution in [0.1, 0.15) is 37.0 Å². The van der Waals surface area contributed by atoms with Crippen molar-refractivity contribution in [3.8, 4) is 0 Å². The third-order valence-electron chi connectivity index (χ3n) is 8.40. The van der Waals surface area contributed by atoms with Gasteiger partial charge in [0, 0.05) is 12.3 Å². The predicted octanol–water partition coefficient (Wildman–Crippen LogP) is -1.12. The first-order valence-electron chi connectivity index (χ1n) is 11.6. The third kappa shape index (κ3) is 3.16. The van der Waals surface area contributed by atoms with E-state index in [1.165, 1.54) is 0 Å². The zero-order valence-electron chi connectivity index (χ0n) is 19.4. The van der Waals surface area contributed by atoms with Crippen LogP contribution in [-0.2, 0) is 23.7 Å². The number of benzene rings is 1. The van der Waals surface area contributed by atoms with Crippen molar-refractivity contribution in [2.75, 3.05) is 13.2 Å². The molecule has 1 aromatic carbocycles. The molecule has 4 bridgehead atoms. The van der Waals surface area contributed by atoms with E-state index in [1.807, 2.05) is 0 Å². The molecule has 3 aliphatic carbocycles. The van der Waals surface area contributed by atoms with Gasteiger partial charge in [-0.15, -0.1) is 0 Å². The highest BCUT2D eigenvalue weighted by Crippen LogP contribution is 2.75. The van der Waals surface area contributed by atoms with Crippen molar-refractivity contribution in [3.05, 3.63) is 35.9 Å². The number of aliphatic hydroxyl groups excluding tert-OH is 4. The molecule has 11 heteroatoms. The van der Waals surface area contributed by atoms with Crippen LogP contribution in [0.15, 0.2) is 30.3 Å². The molecule has 11 nitrogen and oxygen atoms in total. The second kappa shape index (κ2) is 7.94. The maximum atomic E-state index is 13.4. The molecule has 10 atom stereocenters. The first kappa shape index (κ1) is 24.6. The molecule has 6 rings (SSSR count). The summed E-state index contributed by atoms with van der Waals surface area (Å²) in [4.78, 5) is 26.1. The van der Waals surface area contributed by atoms with E-state index >= 15 is 0 Å². The summed E-state index contributed by atoms with van der Waals surface area (Å²) >= 11 is 0. The Hall–Kier alpha value is -2.12. The van der Waals surface area contributed by atoms with Crippen molar-refractivity contribution >= 4 is 11.9 Å². The Morgan fingerprint density at radius 3 is 2.46 bits per heavy atom. The molecule has 2 saturated heterocycles. The number of esters is 2. The number of hydrogen-bond donors (Lipinski definition) is 5. The van der Waals surface area contributed by atoms with Gasteiger partial charge in [-0.1, -0.05) is 18.2 Å². The first-order valence-corrected chi connectivity index (χ1v) is 11.6. The van der Waals surface area contributed by atoms with Crippen LogP contribution in [0, 0.1) is 11.3 Å². The Balaban J connectivity index is 1.49. The summed E-state index contributed by atoms with van der Waals surface area (Å²) in [5, 5.41) is 51.7. The smallest absolute Gasteiger partial charge is 0.338 e. The van der Waals surface area contributed by atoms with Crippen molar-refractivity contribution in [1.82, 2.24) is 0 Å². The first-order chi connectivity index (χ1) is 16.4. The Labute approximate surface area is 201 Å². The average Bonchev–Trinajstić information content (AvgIpc) is 2.88. The van der Waals surface area contributed by atoms with Gasteiger partial charge in [0.1, 0.15) is 47.6 Å². The SMILES string of the molecule is CC1(O)CC2(C)OC(=O)C3(COC(=O)c4ccccc4)C1CC23OC1OC(CO)C(O)C(O)C1O. The molecule has 0 amide bonds. The largest absolute Gasteiger partial charge is 0.461 e. The molecular weight excluding hydrogens is 464 g/mol. The summed E-state index contributed by atoms with van der Waals surface area (Å²) < 4.78 is 23.1. The minimum atomic E-state index is -1.70. The van der Waals surface area contributed by atoms with E-state index in [2.05, 4.69) is 0 Å². The van der Waals surface area contributed by atoms with E-state index < -0.39 is 84.0 Å². The predicted molar refractivity (Wildman–Crippen MR) is 115 cm³/mol. The van der Waals surface area contributed by atoms with Gasteiger partial charge in [-0.25, -0.2) is 4.79 Å². The fraction of sp³-hybridized carbons (Fsp3) is 0.667. The zero-order chi connectivity index (χ0) is 25.4. The van der Waals surface area contributed by atoms with Gasteiger partial charge in [-0.2, -0.15) is 0 Å². The molecule has 0 spiro atoms. The van der Waals surface area contributed by atoms with Crippen molar-refractivity contribution < 1.29 is 54.1 Å². The van der Waals surface area contributed by atoms with Gasteiger partial charge >= 0.3 is 11.9 Å². The molecule has 0 radical (unpaired) electrons. The second-order valence-electron chi connectivity index (χ2n) is 10.5. The maximum Gasteiger partial charge on any atom is 0.338 e. The standard InChI is InChI=1S/C24H30O11/c1-21(31)10-22(2)24(34-19-17(28)16(27)15(26)13(9-25)33-19)8-14(21)23(24,20(30)35-22)11-32-18(29)12-6-4-3-5-7-12/h3-7,13-17,19,25-28,31H,8-11H2,1-2H3. The summed E-state index contributed by atoms with van der Waals surface area (Å²) in [6, 6.07) is 8.21. The molecule has 35 heavy (non-hydrogen) atoms. The number of carbonyl (C=O) groups excluding carboxylic acids is 2. The van der Waals surface area contributed by atoms with E-state index in [9.17, 15) is 35.1 Å². The molecule has 0 aromatic heterocycles. The normalized spacial score (nSPS) is 48.1. The Morgan fingerprint density at radius 1 is 1.11 bits per heavy atom. The molecule has 5 N–H and O–H groups in total. The Kier molecular flexibility index (Phi) is 5.57. The molecule has 5 fully saturated rings. The summed E-state index contributed by atoms with van der Waals surface area (Å²) in [7, 11) is 0. The molecule has 10 unspecified atom stereocenters. The summed E-state index contributed by atoms with van der Waals surface area (Å²) in [6.07, 6.45) is -7.58. The minimum absolute atomic E-state index is 0.0161. The molecule has 5 aliphatic rings. The fourth-order valence-electron chi connectivity index (χ4n) is 6.66. The molecule has 2 heterocycles. The highest BCUT2D eigenvalue weighted by atomic mass is 16.7. The van der Waals surface area contributed by atoms with Crippen molar-refractivity contribution in [2.45, 2.75) is 74.2 Å². The van der Waals surface area contributed by atoms with Crippen LogP contribution in [0.4, 0.5) is 0 Å². The Bertz CT molecular complexity index is 1010. The van der Waals surface area contributed by atoms with Gasteiger partial charge in [0.25, 0.3) is 0 Å². The van der Waals surface area contributed by atoms with Crippen molar-refractivity contribution in [1.29, 1.82) is 0 Å². The van der Waals surface area contributed by atoms with Crippen LogP contribution < -0.4 is 0 Å². The van der Waals surface area contributed by atoms with Crippen LogP contribution >= 0.6 is 0 Å². The average molecular weight is 494 g/mol. The van der Waals surface area contributed by atoms with E-state index in [0.29, 0.717) is 0 Å². The van der Waals surface area contributed by atoms with E-state index in [-0.39, 0.29) is 18.4 Å². The van der Waals surface area contributed by atoms with E-state index in [0.717, 1.165) is 0 Å². The quantitative estimate of drug-likeness (QED) is 0.303. The third-order valence-corrected chi connectivity index (χ3v) is 8.40. The molecular formula is C24H30O11. The van der Waals surface area contributed by atoms with Gasteiger partial charge in [0.15, 0.2) is 6.29 Å². The van der Waals surface area contributed by atoms with E-state index in [1.54, 1.807) is 44.2 Å². The highest BCUT2D eigenvalue weighted by Gasteiger charge is 2.90. The summed E-state index contributed by atoms with van der Waals surface area (Å²) in [5.74, 6) is -2.07. The van der Waals surface area contributed by atoms with Crippen LogP contribution in [0.2, 0.25) is 0 Å². The van der Waals surface area contributed by atoms with Crippen LogP contribution in [0.5, 0.6) is 0 Å². The zero-order valence-corrected chi connectivity index (χ0v) is 19.4. The summed E-state index contributed by atoms with van der Waals surface area (Å²) in [6.45, 7) is 2.08. The number of fused-ring (bicyclic) bond motifs is 1. The van der Waals surface area contributed by atoms with Crippen LogP contribution in [-0.4, -0.2) is 98.2 Å². The van der Waals surface area contributed by atoms with Crippen molar-refractivity contribution in [3.63, 3.8) is 0 Å². The molecule has 3 saturated carbocycles. The van der Waals surface area contributed by atoms with Crippen LogP contribution in [0.3, 0.4) is 0 Å². The minimum Gasteiger partial charge on any atom is -0.461 e. The molecule has 1 aromatic rings. The van der Waals surface area contributed by atoms with E-state index in [4.69, 9.17) is 18.9 Å². The lowest BCUT2D eigenvalue weighted by Gasteiger charge is -2.69. The number of carbonyl (C=O) groups is 2. The second-order valence-corrected chi connectivity index (χ2v) is 10.5. The molecule has 2 aliphatic heterocycles. The number of aliphatic hydroxyl groups is 5. The summed E-state index contributed by atoms with van der Waals surface area (Å²) in [5.41, 5.74) is -5.53. The lowest BCUT2D eigenvalue weighted by atomic mass is 9.38.